The number of amides is 1. The van der Waals surface area contributed by atoms with Gasteiger partial charge in [0.15, 0.2) is 0 Å². The Labute approximate surface area is 158 Å². The molecule has 3 rings (SSSR count). The van der Waals surface area contributed by atoms with E-state index in [9.17, 15) is 13.2 Å². The Hall–Kier alpha value is -1.77. The van der Waals surface area contributed by atoms with Crippen LogP contribution in [-0.2, 0) is 21.2 Å². The molecule has 1 amide bonds. The van der Waals surface area contributed by atoms with Gasteiger partial charge in [-0.1, -0.05) is 12.1 Å². The minimum Gasteiger partial charge on any atom is -0.342 e. The molecule has 0 radical (unpaired) electrons. The lowest BCUT2D eigenvalue weighted by molar-refractivity contribution is -0.132. The van der Waals surface area contributed by atoms with Gasteiger partial charge in [-0.15, -0.1) is 11.3 Å². The molecule has 1 atom stereocenters. The summed E-state index contributed by atoms with van der Waals surface area (Å²) < 4.78 is 27.5. The topological polar surface area (TPSA) is 79.4 Å². The third kappa shape index (κ3) is 5.12. The largest absolute Gasteiger partial charge is 0.342 e. The summed E-state index contributed by atoms with van der Waals surface area (Å²) >= 11 is 1.21. The van der Waals surface area contributed by atoms with Gasteiger partial charge in [0.1, 0.15) is 4.21 Å². The van der Waals surface area contributed by atoms with Crippen molar-refractivity contribution in [1.82, 2.24) is 14.6 Å². The van der Waals surface area contributed by atoms with Crippen molar-refractivity contribution >= 4 is 27.3 Å². The first kappa shape index (κ1) is 19.0. The van der Waals surface area contributed by atoms with Gasteiger partial charge in [0.05, 0.1) is 0 Å². The first-order chi connectivity index (χ1) is 12.5. The number of hydrogen-bond acceptors (Lipinski definition) is 5. The molecule has 8 heteroatoms. The summed E-state index contributed by atoms with van der Waals surface area (Å²) in [6, 6.07) is 9.02. The number of carbonyl (C=O) groups excluding carboxylic acids is 1. The zero-order chi connectivity index (χ0) is 18.4. The molecule has 0 spiro atoms. The molecule has 0 bridgehead atoms. The van der Waals surface area contributed by atoms with Crippen LogP contribution in [0.3, 0.4) is 0 Å². The lowest BCUT2D eigenvalue weighted by Gasteiger charge is -2.33. The van der Waals surface area contributed by atoms with Crippen LogP contribution in [0, 0.1) is 5.92 Å². The van der Waals surface area contributed by atoms with Crippen molar-refractivity contribution in [2.75, 3.05) is 19.6 Å². The SMILES string of the molecule is O=C(CCc1ccccn1)N1CCCC(CNS(=O)(=O)c2cccs2)C1. The molecule has 1 N–H and O–H groups in total. The number of aryl methyl sites for hydroxylation is 1. The van der Waals surface area contributed by atoms with E-state index in [1.165, 1.54) is 11.3 Å². The van der Waals surface area contributed by atoms with E-state index in [0.29, 0.717) is 30.1 Å². The number of nitrogens with one attached hydrogen (secondary N) is 1. The van der Waals surface area contributed by atoms with Gasteiger partial charge in [-0.2, -0.15) is 0 Å². The summed E-state index contributed by atoms with van der Waals surface area (Å²) in [6.07, 6.45) is 4.63. The van der Waals surface area contributed by atoms with Crippen LogP contribution in [0.5, 0.6) is 0 Å². The van der Waals surface area contributed by atoms with Gasteiger partial charge in [-0.25, -0.2) is 13.1 Å². The molecule has 1 unspecified atom stereocenters. The number of nitrogens with zero attached hydrogens (tertiary/aromatic N) is 2. The van der Waals surface area contributed by atoms with Gasteiger partial charge in [-0.3, -0.25) is 9.78 Å². The maximum absolute atomic E-state index is 12.5. The molecule has 0 aromatic carbocycles. The first-order valence-corrected chi connectivity index (χ1v) is 11.1. The minimum absolute atomic E-state index is 0.112. The molecule has 26 heavy (non-hydrogen) atoms. The molecule has 1 aliphatic heterocycles. The molecule has 3 heterocycles. The molecular weight excluding hydrogens is 370 g/mol. The summed E-state index contributed by atoms with van der Waals surface area (Å²) in [5.41, 5.74) is 0.915. The number of likely N-dealkylation sites (tertiary alicyclic amines) is 1. The highest BCUT2D eigenvalue weighted by Crippen LogP contribution is 2.19. The summed E-state index contributed by atoms with van der Waals surface area (Å²) in [4.78, 5) is 18.6. The molecule has 0 saturated carbocycles. The molecule has 1 aliphatic rings. The normalized spacial score (nSPS) is 18.0. The van der Waals surface area contributed by atoms with Crippen LogP contribution in [-0.4, -0.2) is 43.8 Å². The van der Waals surface area contributed by atoms with Crippen molar-refractivity contribution in [2.24, 2.45) is 5.92 Å². The van der Waals surface area contributed by atoms with Gasteiger partial charge in [-0.05, 0) is 48.8 Å². The van der Waals surface area contributed by atoms with Gasteiger partial charge >= 0.3 is 0 Å². The molecular formula is C18H23N3O3S2. The van der Waals surface area contributed by atoms with E-state index in [0.717, 1.165) is 25.1 Å². The van der Waals surface area contributed by atoms with Crippen LogP contribution in [0.4, 0.5) is 0 Å². The second-order valence-electron chi connectivity index (χ2n) is 6.45. The van der Waals surface area contributed by atoms with E-state index in [1.54, 1.807) is 23.7 Å². The van der Waals surface area contributed by atoms with Gasteiger partial charge < -0.3 is 4.90 Å². The summed E-state index contributed by atoms with van der Waals surface area (Å²) in [6.45, 7) is 1.72. The molecule has 2 aromatic rings. The molecule has 6 nitrogen and oxygen atoms in total. The van der Waals surface area contributed by atoms with Crippen LogP contribution in [0.1, 0.15) is 25.0 Å². The van der Waals surface area contributed by atoms with E-state index in [2.05, 4.69) is 9.71 Å². The van der Waals surface area contributed by atoms with E-state index in [4.69, 9.17) is 0 Å². The van der Waals surface area contributed by atoms with Crippen LogP contribution < -0.4 is 4.72 Å². The number of rotatable bonds is 7. The highest BCUT2D eigenvalue weighted by molar-refractivity contribution is 7.91. The Morgan fingerprint density at radius 1 is 1.31 bits per heavy atom. The Morgan fingerprint density at radius 3 is 2.92 bits per heavy atom. The summed E-state index contributed by atoms with van der Waals surface area (Å²) in [5.74, 6) is 0.263. The number of carbonyl (C=O) groups is 1. The Balaban J connectivity index is 1.48. The van der Waals surface area contributed by atoms with Crippen molar-refractivity contribution < 1.29 is 13.2 Å². The van der Waals surface area contributed by atoms with E-state index in [-0.39, 0.29) is 11.8 Å². The fraction of sp³-hybridized carbons (Fsp3) is 0.444. The average molecular weight is 394 g/mol. The number of thiophene rings is 1. The predicted octanol–water partition coefficient (Wildman–Crippen LogP) is 2.29. The number of aromatic nitrogens is 1. The Morgan fingerprint density at radius 2 is 2.19 bits per heavy atom. The van der Waals surface area contributed by atoms with Gasteiger partial charge in [0, 0.05) is 37.9 Å². The lowest BCUT2D eigenvalue weighted by atomic mass is 9.98. The fourth-order valence-electron chi connectivity index (χ4n) is 3.11. The molecule has 1 saturated heterocycles. The molecule has 1 fully saturated rings. The minimum atomic E-state index is -3.44. The zero-order valence-electron chi connectivity index (χ0n) is 14.5. The third-order valence-electron chi connectivity index (χ3n) is 4.51. The smallest absolute Gasteiger partial charge is 0.250 e. The van der Waals surface area contributed by atoms with E-state index in [1.807, 2.05) is 23.1 Å². The van der Waals surface area contributed by atoms with Crippen LogP contribution in [0.15, 0.2) is 46.1 Å². The second-order valence-corrected chi connectivity index (χ2v) is 9.39. The predicted molar refractivity (Wildman–Crippen MR) is 101 cm³/mol. The van der Waals surface area contributed by atoms with Crippen molar-refractivity contribution in [3.05, 3.63) is 47.6 Å². The monoisotopic (exact) mass is 393 g/mol. The molecule has 140 valence electrons. The second kappa shape index (κ2) is 8.75. The maximum atomic E-state index is 12.5. The number of sulfonamides is 1. The third-order valence-corrected chi connectivity index (χ3v) is 7.34. The average Bonchev–Trinajstić information content (AvgIpc) is 3.21. The number of pyridine rings is 1. The van der Waals surface area contributed by atoms with Crippen LogP contribution in [0.2, 0.25) is 0 Å². The van der Waals surface area contributed by atoms with Gasteiger partial charge in [0.2, 0.25) is 15.9 Å². The summed E-state index contributed by atoms with van der Waals surface area (Å²) in [5, 5.41) is 1.75. The van der Waals surface area contributed by atoms with Crippen LogP contribution >= 0.6 is 11.3 Å². The Kier molecular flexibility index (Phi) is 6.39. The Bertz CT molecular complexity index is 807. The summed E-state index contributed by atoms with van der Waals surface area (Å²) in [7, 11) is -3.44. The highest BCUT2D eigenvalue weighted by atomic mass is 32.2. The van der Waals surface area contributed by atoms with Crippen molar-refractivity contribution in [3.63, 3.8) is 0 Å². The molecule has 0 aliphatic carbocycles. The van der Waals surface area contributed by atoms with Crippen molar-refractivity contribution in [1.29, 1.82) is 0 Å². The molecule has 2 aromatic heterocycles. The first-order valence-electron chi connectivity index (χ1n) is 8.75. The van der Waals surface area contributed by atoms with Crippen molar-refractivity contribution in [3.8, 4) is 0 Å². The number of hydrogen-bond donors (Lipinski definition) is 1. The standard InChI is InChI=1S/C18H23N3O3S2/c22-17(9-8-16-6-1-2-10-19-16)21-11-3-5-15(14-21)13-20-26(23,24)18-7-4-12-25-18/h1-2,4,6-7,10,12,15,20H,3,5,8-9,11,13-14H2. The lowest BCUT2D eigenvalue weighted by Crippen LogP contribution is -2.43. The van der Waals surface area contributed by atoms with Crippen molar-refractivity contribution in [2.45, 2.75) is 29.9 Å². The van der Waals surface area contributed by atoms with Crippen LogP contribution in [0.25, 0.3) is 0 Å². The van der Waals surface area contributed by atoms with E-state index >= 15 is 0 Å². The quantitative estimate of drug-likeness (QED) is 0.783. The highest BCUT2D eigenvalue weighted by Gasteiger charge is 2.25. The fourth-order valence-corrected chi connectivity index (χ4v) is 5.27. The number of piperidine rings is 1. The van der Waals surface area contributed by atoms with E-state index < -0.39 is 10.0 Å². The zero-order valence-corrected chi connectivity index (χ0v) is 16.1. The van der Waals surface area contributed by atoms with Gasteiger partial charge in [0.25, 0.3) is 0 Å². The maximum Gasteiger partial charge on any atom is 0.250 e.